The summed E-state index contributed by atoms with van der Waals surface area (Å²) in [5.41, 5.74) is -0.604. The second kappa shape index (κ2) is 4.37. The Balaban J connectivity index is 3.39. The predicted octanol–water partition coefficient (Wildman–Crippen LogP) is 3.24. The molecule has 3 nitrogen and oxygen atoms in total. The smallest absolute Gasteiger partial charge is 0.454 e. The minimum atomic E-state index is -5.01. The lowest BCUT2D eigenvalue weighted by molar-refractivity contribution is -0.350. The van der Waals surface area contributed by atoms with Crippen LogP contribution in [0.2, 0.25) is 5.02 Å². The van der Waals surface area contributed by atoms with Crippen LogP contribution in [0.25, 0.3) is 0 Å². The third-order valence-electron chi connectivity index (χ3n) is 2.11. The normalized spacial score (nSPS) is 11.4. The molecule has 0 bridgehead atoms. The Kier molecular flexibility index (Phi) is 3.47. The number of nitrogens with zero attached hydrogens (tertiary/aromatic N) is 1. The van der Waals surface area contributed by atoms with Gasteiger partial charge in [0.15, 0.2) is 0 Å². The van der Waals surface area contributed by atoms with E-state index in [0.717, 1.165) is 12.1 Å². The van der Waals surface area contributed by atoms with Crippen molar-refractivity contribution in [2.24, 2.45) is 0 Å². The van der Waals surface area contributed by atoms with E-state index < -0.39 is 17.5 Å². The van der Waals surface area contributed by atoms with E-state index in [2.05, 4.69) is 6.72 Å². The standard InChI is InChI=1S/C10H7ClF3NO2/c1-5-7(11)3-6(4-8(5)15(2)17)9(16)10(12,13)14/h3-4H,2H2,1H3. The fourth-order valence-electron chi connectivity index (χ4n) is 1.22. The third kappa shape index (κ3) is 2.76. The molecule has 0 spiro atoms. The summed E-state index contributed by atoms with van der Waals surface area (Å²) in [6.45, 7) is 4.44. The summed E-state index contributed by atoms with van der Waals surface area (Å²) in [4.78, 5) is 11.0. The van der Waals surface area contributed by atoms with Crippen LogP contribution in [0.1, 0.15) is 15.9 Å². The van der Waals surface area contributed by atoms with Crippen LogP contribution in [0, 0.1) is 12.1 Å². The summed E-state index contributed by atoms with van der Waals surface area (Å²) < 4.78 is 36.7. The van der Waals surface area contributed by atoms with Gasteiger partial charge in [-0.05, 0) is 13.0 Å². The average Bonchev–Trinajstić information content (AvgIpc) is 2.19. The van der Waals surface area contributed by atoms with Crippen LogP contribution in [0.3, 0.4) is 0 Å². The highest BCUT2D eigenvalue weighted by Crippen LogP contribution is 2.30. The number of halogens is 4. The molecular weight excluding hydrogens is 259 g/mol. The van der Waals surface area contributed by atoms with Gasteiger partial charge in [0, 0.05) is 17.2 Å². The Labute approximate surface area is 99.7 Å². The fraction of sp³-hybridized carbons (Fsp3) is 0.200. The number of hydrogen-bond donors (Lipinski definition) is 0. The number of hydrogen-bond acceptors (Lipinski definition) is 2. The number of benzene rings is 1. The van der Waals surface area contributed by atoms with Gasteiger partial charge in [0.25, 0.3) is 5.78 Å². The summed E-state index contributed by atoms with van der Waals surface area (Å²) >= 11 is 5.64. The van der Waals surface area contributed by atoms with Gasteiger partial charge in [-0.15, -0.1) is 0 Å². The number of rotatable bonds is 2. The molecule has 0 aliphatic rings. The zero-order valence-corrected chi connectivity index (χ0v) is 9.39. The quantitative estimate of drug-likeness (QED) is 0.271. The van der Waals surface area contributed by atoms with Crippen molar-refractivity contribution in [1.82, 2.24) is 0 Å². The Morgan fingerprint density at radius 3 is 2.41 bits per heavy atom. The van der Waals surface area contributed by atoms with Crippen molar-refractivity contribution >= 4 is 29.8 Å². The van der Waals surface area contributed by atoms with E-state index in [1.807, 2.05) is 0 Å². The fourth-order valence-corrected chi connectivity index (χ4v) is 1.43. The van der Waals surface area contributed by atoms with Gasteiger partial charge in [0.1, 0.15) is 6.72 Å². The molecule has 0 heterocycles. The van der Waals surface area contributed by atoms with Crippen LogP contribution < -0.4 is 0 Å². The second-order valence-corrected chi connectivity index (χ2v) is 3.71. The highest BCUT2D eigenvalue weighted by molar-refractivity contribution is 6.32. The molecule has 7 heteroatoms. The molecule has 1 aromatic rings. The van der Waals surface area contributed by atoms with Crippen LogP contribution in [-0.4, -0.2) is 23.4 Å². The van der Waals surface area contributed by atoms with Gasteiger partial charge in [0.05, 0.1) is 5.02 Å². The maximum Gasteiger partial charge on any atom is 0.454 e. The lowest BCUT2D eigenvalue weighted by atomic mass is 10.1. The number of carbonyl (C=O) groups excluding carboxylic acids is 1. The highest BCUT2D eigenvalue weighted by Gasteiger charge is 2.40. The van der Waals surface area contributed by atoms with Gasteiger partial charge >= 0.3 is 6.18 Å². The largest absolute Gasteiger partial charge is 0.619 e. The number of alkyl halides is 3. The van der Waals surface area contributed by atoms with Crippen molar-refractivity contribution in [3.8, 4) is 0 Å². The molecule has 0 saturated heterocycles. The van der Waals surface area contributed by atoms with Crippen molar-refractivity contribution in [1.29, 1.82) is 0 Å². The molecule has 0 radical (unpaired) electrons. The average molecular weight is 266 g/mol. The number of Topliss-reactive ketones (excluding diaryl/α,β-unsaturated/α-hetero) is 1. The van der Waals surface area contributed by atoms with Gasteiger partial charge in [-0.25, -0.2) is 0 Å². The first kappa shape index (κ1) is 13.5. The van der Waals surface area contributed by atoms with Gasteiger partial charge < -0.3 is 5.21 Å². The Hall–Kier alpha value is -1.56. The Bertz CT molecular complexity index is 497. The Morgan fingerprint density at radius 2 is 2.00 bits per heavy atom. The maximum absolute atomic E-state index is 12.2. The van der Waals surface area contributed by atoms with Gasteiger partial charge in [-0.2, -0.15) is 17.9 Å². The molecule has 0 aliphatic carbocycles. The van der Waals surface area contributed by atoms with Gasteiger partial charge in [0.2, 0.25) is 5.69 Å². The minimum absolute atomic E-state index is 0.0976. The zero-order chi connectivity index (χ0) is 13.4. The van der Waals surface area contributed by atoms with Gasteiger partial charge in [-0.1, -0.05) is 11.6 Å². The molecule has 1 rings (SSSR count). The summed E-state index contributed by atoms with van der Waals surface area (Å²) in [6.07, 6.45) is -5.01. The number of carbonyl (C=O) groups is 1. The van der Waals surface area contributed by atoms with Crippen molar-refractivity contribution in [2.75, 3.05) is 0 Å². The highest BCUT2D eigenvalue weighted by atomic mass is 35.5. The first-order valence-electron chi connectivity index (χ1n) is 4.34. The lowest BCUT2D eigenvalue weighted by Crippen LogP contribution is -2.22. The molecule has 92 valence electrons. The molecule has 1 aromatic carbocycles. The first-order chi connectivity index (χ1) is 7.64. The van der Waals surface area contributed by atoms with Crippen molar-refractivity contribution in [3.63, 3.8) is 0 Å². The monoisotopic (exact) mass is 265 g/mol. The van der Waals surface area contributed by atoms with E-state index in [1.165, 1.54) is 6.92 Å². The minimum Gasteiger partial charge on any atom is -0.619 e. The number of ketones is 1. The summed E-state index contributed by atoms with van der Waals surface area (Å²) in [7, 11) is 0. The predicted molar refractivity (Wildman–Crippen MR) is 57.0 cm³/mol. The molecule has 0 aromatic heterocycles. The van der Waals surface area contributed by atoms with Crippen LogP contribution in [0.5, 0.6) is 0 Å². The molecule has 0 N–H and O–H groups in total. The van der Waals surface area contributed by atoms with Crippen LogP contribution in [0.4, 0.5) is 18.9 Å². The van der Waals surface area contributed by atoms with Crippen molar-refractivity contribution < 1.29 is 22.7 Å². The SMILES string of the molecule is C=[N+]([O-])c1cc(C(=O)C(F)(F)F)cc(Cl)c1C. The Morgan fingerprint density at radius 1 is 1.47 bits per heavy atom. The maximum atomic E-state index is 12.2. The zero-order valence-electron chi connectivity index (χ0n) is 8.64. The molecule has 0 amide bonds. The third-order valence-corrected chi connectivity index (χ3v) is 2.50. The summed E-state index contributed by atoms with van der Waals surface area (Å²) in [6, 6.07) is 1.69. The van der Waals surface area contributed by atoms with Crippen LogP contribution in [0.15, 0.2) is 12.1 Å². The van der Waals surface area contributed by atoms with E-state index in [1.54, 1.807) is 0 Å². The van der Waals surface area contributed by atoms with Crippen LogP contribution >= 0.6 is 11.6 Å². The lowest BCUT2D eigenvalue weighted by Gasteiger charge is -2.10. The molecule has 0 atom stereocenters. The molecule has 17 heavy (non-hydrogen) atoms. The first-order valence-corrected chi connectivity index (χ1v) is 4.72. The topological polar surface area (TPSA) is 43.1 Å². The van der Waals surface area contributed by atoms with Crippen molar-refractivity contribution in [2.45, 2.75) is 13.1 Å². The molecule has 0 fully saturated rings. The molecule has 0 unspecified atom stereocenters. The van der Waals surface area contributed by atoms with E-state index >= 15 is 0 Å². The van der Waals surface area contributed by atoms with E-state index in [-0.39, 0.29) is 21.0 Å². The van der Waals surface area contributed by atoms with E-state index in [4.69, 9.17) is 11.6 Å². The summed E-state index contributed by atoms with van der Waals surface area (Å²) in [5.74, 6) is -2.05. The molecular formula is C10H7ClF3NO2. The van der Waals surface area contributed by atoms with Crippen LogP contribution in [-0.2, 0) is 0 Å². The molecule has 0 aliphatic heterocycles. The molecule has 0 saturated carbocycles. The second-order valence-electron chi connectivity index (χ2n) is 3.31. The summed E-state index contributed by atoms with van der Waals surface area (Å²) in [5, 5.41) is 10.9. The van der Waals surface area contributed by atoms with Gasteiger partial charge in [-0.3, -0.25) is 4.79 Å². The van der Waals surface area contributed by atoms with E-state index in [9.17, 15) is 23.2 Å². The van der Waals surface area contributed by atoms with Crippen molar-refractivity contribution in [3.05, 3.63) is 33.5 Å². The van der Waals surface area contributed by atoms with E-state index in [0.29, 0.717) is 0 Å².